The van der Waals surface area contributed by atoms with E-state index >= 15 is 0 Å². The Labute approximate surface area is 118 Å². The maximum atomic E-state index is 11.4. The number of carbonyl (C=O) groups is 1. The fraction of sp³-hybridized carbons (Fsp3) is 0.231. The molecule has 6 heteroatoms. The van der Waals surface area contributed by atoms with Gasteiger partial charge in [-0.25, -0.2) is 4.79 Å². The summed E-state index contributed by atoms with van der Waals surface area (Å²) >= 11 is 3.39. The third-order valence-electron chi connectivity index (χ3n) is 2.49. The van der Waals surface area contributed by atoms with Crippen molar-refractivity contribution in [3.05, 3.63) is 35.0 Å². The summed E-state index contributed by atoms with van der Waals surface area (Å²) in [7, 11) is 1.32. The number of hydrogen-bond donors (Lipinski definition) is 0. The molecule has 0 aliphatic carbocycles. The van der Waals surface area contributed by atoms with Gasteiger partial charge < -0.3 is 14.0 Å². The van der Waals surface area contributed by atoms with Crippen LogP contribution in [0.15, 0.2) is 39.5 Å². The quantitative estimate of drug-likeness (QED) is 0.808. The molecular formula is C13H12BrNO4. The first-order chi connectivity index (χ1) is 9.11. The van der Waals surface area contributed by atoms with Crippen molar-refractivity contribution in [3.63, 3.8) is 0 Å². The molecule has 0 unspecified atom stereocenters. The lowest BCUT2D eigenvalue weighted by molar-refractivity contribution is -0.147. The van der Waals surface area contributed by atoms with Gasteiger partial charge in [-0.1, -0.05) is 21.1 Å². The van der Waals surface area contributed by atoms with Crippen molar-refractivity contribution in [2.45, 2.75) is 13.0 Å². The number of esters is 1. The van der Waals surface area contributed by atoms with Gasteiger partial charge in [0.2, 0.25) is 0 Å². The number of methoxy groups -OCH3 is 1. The molecule has 1 aromatic heterocycles. The molecule has 0 bridgehead atoms. The number of hydrogen-bond acceptors (Lipinski definition) is 5. The highest BCUT2D eigenvalue weighted by Gasteiger charge is 2.18. The van der Waals surface area contributed by atoms with Crippen molar-refractivity contribution in [1.82, 2.24) is 5.16 Å². The summed E-state index contributed by atoms with van der Waals surface area (Å²) in [6, 6.07) is 7.14. The van der Waals surface area contributed by atoms with Gasteiger partial charge in [0, 0.05) is 16.1 Å². The monoisotopic (exact) mass is 325 g/mol. The molecule has 2 aromatic rings. The summed E-state index contributed by atoms with van der Waals surface area (Å²) in [5.74, 6) is 0.101. The molecule has 0 fully saturated rings. The molecule has 0 aliphatic rings. The van der Waals surface area contributed by atoms with Crippen molar-refractivity contribution in [3.8, 4) is 17.0 Å². The van der Waals surface area contributed by atoms with Crippen LogP contribution in [-0.4, -0.2) is 24.3 Å². The largest absolute Gasteiger partial charge is 0.478 e. The van der Waals surface area contributed by atoms with Gasteiger partial charge in [0.25, 0.3) is 0 Å². The Morgan fingerprint density at radius 2 is 2.21 bits per heavy atom. The van der Waals surface area contributed by atoms with E-state index in [4.69, 9.17) is 9.26 Å². The van der Waals surface area contributed by atoms with Crippen molar-refractivity contribution in [2.24, 2.45) is 0 Å². The molecule has 1 aromatic carbocycles. The minimum atomic E-state index is -0.697. The standard InChI is InChI=1S/C13H12BrNO4/c1-8(13(16)17-2)19-12-4-3-9(14)7-10(12)11-5-6-18-15-11/h3-8H,1-2H3/t8-/m0/s1. The van der Waals surface area contributed by atoms with Crippen LogP contribution in [0.3, 0.4) is 0 Å². The molecule has 19 heavy (non-hydrogen) atoms. The van der Waals surface area contributed by atoms with E-state index in [0.717, 1.165) is 10.0 Å². The lowest BCUT2D eigenvalue weighted by Gasteiger charge is -2.15. The number of halogens is 1. The molecule has 100 valence electrons. The van der Waals surface area contributed by atoms with E-state index in [1.54, 1.807) is 19.1 Å². The van der Waals surface area contributed by atoms with Gasteiger partial charge in [0.1, 0.15) is 17.7 Å². The zero-order valence-corrected chi connectivity index (χ0v) is 12.0. The van der Waals surface area contributed by atoms with Crippen LogP contribution in [0.2, 0.25) is 0 Å². The van der Waals surface area contributed by atoms with Crippen molar-refractivity contribution >= 4 is 21.9 Å². The Kier molecular flexibility index (Phi) is 4.21. The zero-order chi connectivity index (χ0) is 13.8. The second-order valence-electron chi connectivity index (χ2n) is 3.81. The van der Waals surface area contributed by atoms with Crippen LogP contribution in [0, 0.1) is 0 Å². The molecule has 0 saturated carbocycles. The van der Waals surface area contributed by atoms with E-state index in [1.165, 1.54) is 13.4 Å². The Hall–Kier alpha value is -1.82. The van der Waals surface area contributed by atoms with Crippen molar-refractivity contribution in [1.29, 1.82) is 0 Å². The average Bonchev–Trinajstić information content (AvgIpc) is 2.93. The first-order valence-electron chi connectivity index (χ1n) is 5.56. The van der Waals surface area contributed by atoms with Gasteiger partial charge in [-0.2, -0.15) is 0 Å². The summed E-state index contributed by atoms with van der Waals surface area (Å²) in [4.78, 5) is 11.4. The highest BCUT2D eigenvalue weighted by molar-refractivity contribution is 9.10. The summed E-state index contributed by atoms with van der Waals surface area (Å²) < 4.78 is 15.9. The molecule has 0 radical (unpaired) electrons. The maximum absolute atomic E-state index is 11.4. The fourth-order valence-electron chi connectivity index (χ4n) is 1.56. The van der Waals surface area contributed by atoms with Gasteiger partial charge in [0.15, 0.2) is 6.10 Å². The highest BCUT2D eigenvalue weighted by atomic mass is 79.9. The number of carbonyl (C=O) groups excluding carboxylic acids is 1. The molecule has 0 spiro atoms. The molecule has 0 aliphatic heterocycles. The lowest BCUT2D eigenvalue weighted by atomic mass is 10.1. The van der Waals surface area contributed by atoms with Crippen molar-refractivity contribution < 1.29 is 18.8 Å². The highest BCUT2D eigenvalue weighted by Crippen LogP contribution is 2.32. The molecule has 2 rings (SSSR count). The van der Waals surface area contributed by atoms with Crippen LogP contribution in [0.1, 0.15) is 6.92 Å². The maximum Gasteiger partial charge on any atom is 0.346 e. The predicted octanol–water partition coefficient (Wildman–Crippen LogP) is 3.04. The number of benzene rings is 1. The SMILES string of the molecule is COC(=O)[C@H](C)Oc1ccc(Br)cc1-c1ccon1. The Morgan fingerprint density at radius 3 is 2.84 bits per heavy atom. The lowest BCUT2D eigenvalue weighted by Crippen LogP contribution is -2.25. The molecule has 0 N–H and O–H groups in total. The van der Waals surface area contributed by atoms with E-state index in [-0.39, 0.29) is 0 Å². The minimum absolute atomic E-state index is 0.436. The zero-order valence-electron chi connectivity index (χ0n) is 10.4. The molecule has 1 heterocycles. The number of aromatic nitrogens is 1. The molecule has 0 amide bonds. The van der Waals surface area contributed by atoms with Gasteiger partial charge in [0.05, 0.1) is 7.11 Å². The molecule has 5 nitrogen and oxygen atoms in total. The Morgan fingerprint density at radius 1 is 1.42 bits per heavy atom. The first kappa shape index (κ1) is 13.6. The fourth-order valence-corrected chi connectivity index (χ4v) is 1.92. The van der Waals surface area contributed by atoms with Crippen molar-refractivity contribution in [2.75, 3.05) is 7.11 Å². The van der Waals surface area contributed by atoms with Gasteiger partial charge >= 0.3 is 5.97 Å². The summed E-state index contributed by atoms with van der Waals surface area (Å²) in [6.07, 6.45) is 0.779. The van der Waals surface area contributed by atoms with Crippen LogP contribution < -0.4 is 4.74 Å². The topological polar surface area (TPSA) is 61.6 Å². The van der Waals surface area contributed by atoms with Crippen LogP contribution >= 0.6 is 15.9 Å². The molecular weight excluding hydrogens is 314 g/mol. The van der Waals surface area contributed by atoms with E-state index in [2.05, 4.69) is 25.8 Å². The summed E-state index contributed by atoms with van der Waals surface area (Å²) in [5, 5.41) is 3.87. The van der Waals surface area contributed by atoms with E-state index < -0.39 is 12.1 Å². The first-order valence-corrected chi connectivity index (χ1v) is 6.36. The summed E-state index contributed by atoms with van der Waals surface area (Å²) in [5.41, 5.74) is 1.37. The minimum Gasteiger partial charge on any atom is -0.478 e. The normalized spacial score (nSPS) is 11.9. The van der Waals surface area contributed by atoms with Gasteiger partial charge in [-0.05, 0) is 25.1 Å². The van der Waals surface area contributed by atoms with Crippen LogP contribution in [0.25, 0.3) is 11.3 Å². The average molecular weight is 326 g/mol. The number of rotatable bonds is 4. The number of nitrogens with zero attached hydrogens (tertiary/aromatic N) is 1. The predicted molar refractivity (Wildman–Crippen MR) is 71.7 cm³/mol. The Bertz CT molecular complexity index is 568. The van der Waals surface area contributed by atoms with E-state index in [9.17, 15) is 4.79 Å². The second-order valence-corrected chi connectivity index (χ2v) is 4.72. The van der Waals surface area contributed by atoms with E-state index in [1.807, 2.05) is 12.1 Å². The third kappa shape index (κ3) is 3.14. The third-order valence-corrected chi connectivity index (χ3v) is 2.99. The van der Waals surface area contributed by atoms with Gasteiger partial charge in [-0.15, -0.1) is 0 Å². The smallest absolute Gasteiger partial charge is 0.346 e. The van der Waals surface area contributed by atoms with E-state index in [0.29, 0.717) is 11.4 Å². The van der Waals surface area contributed by atoms with Crippen LogP contribution in [0.4, 0.5) is 0 Å². The molecule has 0 saturated heterocycles. The van der Waals surface area contributed by atoms with Gasteiger partial charge in [-0.3, -0.25) is 0 Å². The van der Waals surface area contributed by atoms with Crippen LogP contribution in [-0.2, 0) is 9.53 Å². The second kappa shape index (κ2) is 5.88. The number of ether oxygens (including phenoxy) is 2. The Balaban J connectivity index is 2.33. The molecule has 1 atom stereocenters. The summed E-state index contributed by atoms with van der Waals surface area (Å²) in [6.45, 7) is 1.63. The van der Waals surface area contributed by atoms with Crippen LogP contribution in [0.5, 0.6) is 5.75 Å².